The molecular weight excluding hydrogens is 793 g/mol. The molecule has 3 aliphatic rings. The fourth-order valence-corrected chi connectivity index (χ4v) is 8.89. The number of nitrogens with one attached hydrogen (secondary N) is 3. The molecule has 0 radical (unpaired) electrons. The van der Waals surface area contributed by atoms with Gasteiger partial charge < -0.3 is 25.2 Å². The molecular formula is C42H49ClFN11O5. The van der Waals surface area contributed by atoms with Crippen molar-refractivity contribution in [2.45, 2.75) is 70.3 Å². The molecule has 3 aliphatic heterocycles. The maximum absolute atomic E-state index is 15.7. The third kappa shape index (κ3) is 8.37. The SMILES string of the molecule is CNC(=O)COc1cc2cc(Nc3nc(N4CCC(CN5CCC(c6cc7c(cc6F)c(C6CCC(=O)NC6=O)nn7C)CC5)CC4)ncc3Cl)cnc2n(C(C)C)c1=O. The van der Waals surface area contributed by atoms with Crippen molar-refractivity contribution in [2.75, 3.05) is 56.6 Å². The average molecular weight is 842 g/mol. The molecule has 18 heteroatoms. The molecule has 0 saturated carbocycles. The summed E-state index contributed by atoms with van der Waals surface area (Å²) >= 11 is 6.58. The van der Waals surface area contributed by atoms with Crippen LogP contribution in [0.3, 0.4) is 0 Å². The highest BCUT2D eigenvalue weighted by molar-refractivity contribution is 6.33. The summed E-state index contributed by atoms with van der Waals surface area (Å²) in [6, 6.07) is 6.63. The van der Waals surface area contributed by atoms with Crippen molar-refractivity contribution in [1.29, 1.82) is 0 Å². The number of imide groups is 1. The van der Waals surface area contributed by atoms with Crippen molar-refractivity contribution in [2.24, 2.45) is 13.0 Å². The van der Waals surface area contributed by atoms with E-state index in [2.05, 4.69) is 40.8 Å². The Kier molecular flexibility index (Phi) is 11.7. The first-order valence-electron chi connectivity index (χ1n) is 20.5. The number of likely N-dealkylation sites (tertiary alicyclic amines) is 1. The number of likely N-dealkylation sites (N-methyl/N-ethyl adjacent to an activating group) is 1. The van der Waals surface area contributed by atoms with Crippen LogP contribution in [0.5, 0.6) is 5.75 Å². The molecule has 1 atom stereocenters. The van der Waals surface area contributed by atoms with Crippen LogP contribution in [0.2, 0.25) is 5.02 Å². The Morgan fingerprint density at radius 1 is 1.02 bits per heavy atom. The van der Waals surface area contributed by atoms with Crippen LogP contribution in [0.25, 0.3) is 21.9 Å². The second kappa shape index (κ2) is 17.1. The van der Waals surface area contributed by atoms with Crippen LogP contribution < -0.4 is 31.1 Å². The largest absolute Gasteiger partial charge is 0.478 e. The van der Waals surface area contributed by atoms with Gasteiger partial charge in [-0.15, -0.1) is 0 Å². The maximum Gasteiger partial charge on any atom is 0.294 e. The minimum atomic E-state index is -0.575. The summed E-state index contributed by atoms with van der Waals surface area (Å²) in [4.78, 5) is 67.9. The van der Waals surface area contributed by atoms with Gasteiger partial charge in [0.1, 0.15) is 16.5 Å². The Morgan fingerprint density at radius 3 is 2.50 bits per heavy atom. The second-order valence-corrected chi connectivity index (χ2v) is 16.7. The van der Waals surface area contributed by atoms with Crippen molar-refractivity contribution in [3.05, 3.63) is 69.1 Å². The number of piperidine rings is 3. The van der Waals surface area contributed by atoms with Crippen LogP contribution in [-0.2, 0) is 21.4 Å². The number of halogens is 2. The molecule has 3 N–H and O–H groups in total. The Bertz CT molecular complexity index is 2530. The van der Waals surface area contributed by atoms with Crippen molar-refractivity contribution in [3.63, 3.8) is 0 Å². The number of ether oxygens (including phenoxy) is 1. The number of hydrogen-bond donors (Lipinski definition) is 3. The van der Waals surface area contributed by atoms with Gasteiger partial charge >= 0.3 is 0 Å². The minimum absolute atomic E-state index is 0.0490. The lowest BCUT2D eigenvalue weighted by atomic mass is 9.86. The van der Waals surface area contributed by atoms with E-state index >= 15 is 4.39 Å². The number of carbonyl (C=O) groups is 3. The van der Waals surface area contributed by atoms with Gasteiger partial charge in [-0.1, -0.05) is 11.6 Å². The first-order valence-corrected chi connectivity index (χ1v) is 20.9. The first-order chi connectivity index (χ1) is 28.9. The van der Waals surface area contributed by atoms with Gasteiger partial charge in [0, 0.05) is 57.0 Å². The lowest BCUT2D eigenvalue weighted by molar-refractivity contribution is -0.134. The predicted molar refractivity (Wildman–Crippen MR) is 225 cm³/mol. The first kappa shape index (κ1) is 41.1. The molecule has 316 valence electrons. The smallest absolute Gasteiger partial charge is 0.294 e. The van der Waals surface area contributed by atoms with Crippen LogP contribution in [0.15, 0.2) is 41.5 Å². The minimum Gasteiger partial charge on any atom is -0.478 e. The zero-order valence-electron chi connectivity index (χ0n) is 34.1. The molecule has 3 fully saturated rings. The number of anilines is 3. The van der Waals surface area contributed by atoms with E-state index in [1.807, 2.05) is 33.0 Å². The summed E-state index contributed by atoms with van der Waals surface area (Å²) in [7, 11) is 3.31. The zero-order chi connectivity index (χ0) is 42.2. The molecule has 0 bridgehead atoms. The lowest BCUT2D eigenvalue weighted by Gasteiger charge is -2.38. The van der Waals surface area contributed by atoms with Gasteiger partial charge in [0.25, 0.3) is 11.5 Å². The molecule has 4 aromatic heterocycles. The van der Waals surface area contributed by atoms with Crippen LogP contribution in [-0.4, -0.2) is 98.3 Å². The number of benzene rings is 1. The summed E-state index contributed by atoms with van der Waals surface area (Å²) in [6.45, 7) is 7.80. The highest BCUT2D eigenvalue weighted by atomic mass is 35.5. The van der Waals surface area contributed by atoms with Crippen LogP contribution in [0.4, 0.5) is 21.8 Å². The maximum atomic E-state index is 15.7. The van der Waals surface area contributed by atoms with Crippen LogP contribution in [0.1, 0.15) is 81.5 Å². The summed E-state index contributed by atoms with van der Waals surface area (Å²) in [6.07, 6.45) is 7.47. The van der Waals surface area contributed by atoms with E-state index in [9.17, 15) is 19.2 Å². The van der Waals surface area contributed by atoms with E-state index < -0.39 is 5.92 Å². The molecule has 0 spiro atoms. The Hall–Kier alpha value is -5.68. The van der Waals surface area contributed by atoms with Crippen LogP contribution in [0, 0.1) is 11.7 Å². The number of fused-ring (bicyclic) bond motifs is 2. The summed E-state index contributed by atoms with van der Waals surface area (Å²) < 4.78 is 24.6. The van der Waals surface area contributed by atoms with Gasteiger partial charge in [-0.2, -0.15) is 10.1 Å². The molecule has 0 aliphatic carbocycles. The molecule has 7 heterocycles. The number of amides is 3. The standard InChI is InChI=1S/C42H49ClFN11O5/c1-23(2)55-39-26(16-34(41(55)59)60-22-36(57)45-3)15-27(19-46-39)48-38-31(43)20-47-42(50-38)54-13-7-24(8-14-54)21-53-11-9-25(10-12-53)29-18-33-30(17-32(29)44)37(51-52(33)4)28-5-6-35(56)49-40(28)58/h15-20,23-25,28H,5-14,21-22H2,1-4H3,(H,45,57)(H,47,48,50)(H,49,56,58). The molecule has 3 saturated heterocycles. The number of pyridine rings is 2. The molecule has 1 unspecified atom stereocenters. The topological polar surface area (TPSA) is 181 Å². The number of rotatable bonds is 11. The monoisotopic (exact) mass is 841 g/mol. The molecule has 16 nitrogen and oxygen atoms in total. The average Bonchev–Trinajstić information content (AvgIpc) is 3.54. The summed E-state index contributed by atoms with van der Waals surface area (Å²) in [5.74, 6) is -0.224. The van der Waals surface area contributed by atoms with E-state index in [1.54, 1.807) is 23.1 Å². The molecule has 5 aromatic rings. The number of nitrogens with zero attached hydrogens (tertiary/aromatic N) is 8. The van der Waals surface area contributed by atoms with Gasteiger partial charge in [0.05, 0.1) is 35.2 Å². The van der Waals surface area contributed by atoms with E-state index in [4.69, 9.17) is 21.3 Å². The lowest BCUT2D eigenvalue weighted by Crippen LogP contribution is -2.41. The van der Waals surface area contributed by atoms with Gasteiger partial charge in [-0.3, -0.25) is 33.7 Å². The Labute approximate surface area is 350 Å². The highest BCUT2D eigenvalue weighted by Crippen LogP contribution is 2.37. The highest BCUT2D eigenvalue weighted by Gasteiger charge is 2.33. The van der Waals surface area contributed by atoms with E-state index in [1.165, 1.54) is 17.7 Å². The van der Waals surface area contributed by atoms with Gasteiger partial charge in [-0.25, -0.2) is 14.4 Å². The molecule has 1 aromatic carbocycles. The van der Waals surface area contributed by atoms with Gasteiger partial charge in [0.15, 0.2) is 18.2 Å². The van der Waals surface area contributed by atoms with Gasteiger partial charge in [0.2, 0.25) is 17.8 Å². The molecule has 8 rings (SSSR count). The van der Waals surface area contributed by atoms with Crippen LogP contribution >= 0.6 is 11.6 Å². The third-order valence-corrected chi connectivity index (χ3v) is 12.3. The summed E-state index contributed by atoms with van der Waals surface area (Å²) in [5.41, 5.74) is 2.71. The number of aryl methyl sites for hydroxylation is 1. The predicted octanol–water partition coefficient (Wildman–Crippen LogP) is 4.93. The third-order valence-electron chi connectivity index (χ3n) is 12.0. The number of aromatic nitrogens is 6. The van der Waals surface area contributed by atoms with E-state index in [0.29, 0.717) is 62.5 Å². The fraction of sp³-hybridized carbons (Fsp3) is 0.476. The normalized spacial score (nSPS) is 18.4. The van der Waals surface area contributed by atoms with Crippen molar-refractivity contribution in [3.8, 4) is 5.75 Å². The number of hydrogen-bond acceptors (Lipinski definition) is 12. The second-order valence-electron chi connectivity index (χ2n) is 16.3. The summed E-state index contributed by atoms with van der Waals surface area (Å²) in [5, 5.41) is 14.4. The number of carbonyl (C=O) groups excluding carboxylic acids is 3. The zero-order valence-corrected chi connectivity index (χ0v) is 34.9. The van der Waals surface area contributed by atoms with E-state index in [0.717, 1.165) is 63.9 Å². The van der Waals surface area contributed by atoms with Crippen molar-refractivity contribution >= 4 is 68.7 Å². The van der Waals surface area contributed by atoms with Crippen molar-refractivity contribution < 1.29 is 23.5 Å². The van der Waals surface area contributed by atoms with Crippen molar-refractivity contribution in [1.82, 2.24) is 44.8 Å². The van der Waals surface area contributed by atoms with Gasteiger partial charge in [-0.05, 0) is 101 Å². The fourth-order valence-electron chi connectivity index (χ4n) is 8.75. The van der Waals surface area contributed by atoms with E-state index in [-0.39, 0.29) is 59.8 Å². The Morgan fingerprint density at radius 2 is 1.78 bits per heavy atom. The molecule has 60 heavy (non-hydrogen) atoms. The molecule has 3 amide bonds. The Balaban J connectivity index is 0.871. The quantitative estimate of drug-likeness (QED) is 0.153.